The van der Waals surface area contributed by atoms with Crippen molar-refractivity contribution in [3.63, 3.8) is 0 Å². The second-order valence-corrected chi connectivity index (χ2v) is 6.07. The van der Waals surface area contributed by atoms with Gasteiger partial charge in [0.15, 0.2) is 0 Å². The first-order chi connectivity index (χ1) is 6.88. The van der Waals surface area contributed by atoms with E-state index in [1.807, 2.05) is 23.3 Å². The number of hydrogen-bond acceptors (Lipinski definition) is 4. The largest absolute Gasteiger partial charge is 0.294 e. The Hall–Kier alpha value is -0.0300. The lowest BCUT2D eigenvalue weighted by molar-refractivity contribution is 0.125. The molecule has 2 bridgehead atoms. The molecule has 2 nitrogen and oxygen atoms in total. The third kappa shape index (κ3) is 1.33. The van der Waals surface area contributed by atoms with Gasteiger partial charge in [-0.25, -0.2) is 4.31 Å². The smallest absolute Gasteiger partial charge is 0.0801 e. The van der Waals surface area contributed by atoms with Crippen LogP contribution in [0, 0.1) is 0 Å². The van der Waals surface area contributed by atoms with Crippen molar-refractivity contribution in [3.8, 4) is 0 Å². The fourth-order valence-corrected chi connectivity index (χ4v) is 4.56. The maximum Gasteiger partial charge on any atom is 0.0801 e. The second-order valence-electron chi connectivity index (χ2n) is 3.79. The number of thiophene rings is 1. The van der Waals surface area contributed by atoms with Gasteiger partial charge in [0.2, 0.25) is 0 Å². The van der Waals surface area contributed by atoms with Gasteiger partial charge in [-0.05, 0) is 35.5 Å². The first-order valence-corrected chi connectivity index (χ1v) is 6.78. The molecule has 0 amide bonds. The zero-order chi connectivity index (χ0) is 9.54. The van der Waals surface area contributed by atoms with Crippen LogP contribution in [0.2, 0.25) is 0 Å². The maximum absolute atomic E-state index is 2.60. The van der Waals surface area contributed by atoms with Gasteiger partial charge in [-0.1, -0.05) is 6.92 Å². The molecule has 0 aliphatic carbocycles. The molecule has 1 fully saturated rings. The molecule has 4 heteroatoms. The average Bonchev–Trinajstić information content (AvgIpc) is 2.66. The number of likely N-dealkylation sites (N-methyl/N-ethyl adjacent to an activating group) is 1. The normalized spacial score (nSPS) is 31.5. The zero-order valence-corrected chi connectivity index (χ0v) is 9.90. The summed E-state index contributed by atoms with van der Waals surface area (Å²) in [5, 5.41) is 2.23. The molecular formula is C10H14N2S2. The molecule has 0 aromatic carbocycles. The van der Waals surface area contributed by atoms with Crippen molar-refractivity contribution in [3.05, 3.63) is 17.0 Å². The molecule has 3 rings (SSSR count). The average molecular weight is 226 g/mol. The first kappa shape index (κ1) is 9.21. The highest BCUT2D eigenvalue weighted by molar-refractivity contribution is 7.99. The lowest BCUT2D eigenvalue weighted by Gasteiger charge is -2.43. The van der Waals surface area contributed by atoms with Crippen LogP contribution in [-0.4, -0.2) is 35.4 Å². The van der Waals surface area contributed by atoms with E-state index in [4.69, 9.17) is 0 Å². The van der Waals surface area contributed by atoms with Gasteiger partial charge in [0.25, 0.3) is 0 Å². The van der Waals surface area contributed by atoms with Crippen molar-refractivity contribution in [2.45, 2.75) is 17.2 Å². The minimum absolute atomic E-state index is 0.663. The predicted molar refractivity (Wildman–Crippen MR) is 61.7 cm³/mol. The van der Waals surface area contributed by atoms with E-state index in [1.165, 1.54) is 30.4 Å². The number of nitrogens with zero attached hydrogens (tertiary/aromatic N) is 2. The maximum atomic E-state index is 2.60. The van der Waals surface area contributed by atoms with E-state index in [2.05, 4.69) is 27.6 Å². The fourth-order valence-electron chi connectivity index (χ4n) is 2.30. The molecule has 1 aromatic rings. The van der Waals surface area contributed by atoms with Crippen molar-refractivity contribution in [2.24, 2.45) is 0 Å². The van der Waals surface area contributed by atoms with Crippen molar-refractivity contribution in [1.82, 2.24) is 9.21 Å². The molecule has 0 saturated carbocycles. The van der Waals surface area contributed by atoms with E-state index in [1.54, 1.807) is 5.56 Å². The number of fused-ring (bicyclic) bond motifs is 4. The van der Waals surface area contributed by atoms with Crippen LogP contribution in [0.4, 0.5) is 0 Å². The highest BCUT2D eigenvalue weighted by Crippen LogP contribution is 2.44. The summed E-state index contributed by atoms with van der Waals surface area (Å²) in [5.74, 6) is 0. The summed E-state index contributed by atoms with van der Waals surface area (Å²) in [4.78, 5) is 2.60. The van der Waals surface area contributed by atoms with Gasteiger partial charge in [0.1, 0.15) is 0 Å². The van der Waals surface area contributed by atoms with Crippen molar-refractivity contribution < 1.29 is 0 Å². The summed E-state index contributed by atoms with van der Waals surface area (Å²) in [6.45, 7) is 7.10. The Labute approximate surface area is 93.0 Å². The molecule has 0 radical (unpaired) electrons. The molecule has 14 heavy (non-hydrogen) atoms. The summed E-state index contributed by atoms with van der Waals surface area (Å²) in [6.07, 6.45) is 0. The monoisotopic (exact) mass is 226 g/mol. The lowest BCUT2D eigenvalue weighted by Crippen LogP contribution is -2.47. The Morgan fingerprint density at radius 3 is 3.29 bits per heavy atom. The first-order valence-electron chi connectivity index (χ1n) is 5.13. The molecule has 0 spiro atoms. The molecule has 2 unspecified atom stereocenters. The Morgan fingerprint density at radius 1 is 1.50 bits per heavy atom. The van der Waals surface area contributed by atoms with E-state index in [-0.39, 0.29) is 0 Å². The predicted octanol–water partition coefficient (Wildman–Crippen LogP) is 2.45. The van der Waals surface area contributed by atoms with Crippen molar-refractivity contribution in [2.75, 3.05) is 26.2 Å². The van der Waals surface area contributed by atoms with Gasteiger partial charge in [0, 0.05) is 19.6 Å². The molecular weight excluding hydrogens is 212 g/mol. The quantitative estimate of drug-likeness (QED) is 0.679. The zero-order valence-electron chi connectivity index (χ0n) is 8.27. The SMILES string of the molecule is CCN1CCN2CC1c1ccsc1S2. The number of rotatable bonds is 1. The van der Waals surface area contributed by atoms with Crippen LogP contribution in [0.5, 0.6) is 0 Å². The number of hydrogen-bond donors (Lipinski definition) is 0. The molecule has 2 atom stereocenters. The highest BCUT2D eigenvalue weighted by atomic mass is 32.2. The van der Waals surface area contributed by atoms with Crippen molar-refractivity contribution in [1.29, 1.82) is 0 Å². The molecule has 3 heterocycles. The molecule has 1 saturated heterocycles. The van der Waals surface area contributed by atoms with E-state index < -0.39 is 0 Å². The standard InChI is InChI=1S/C10H14N2S2/c1-2-11-4-5-12-7-9(11)8-3-6-13-10(8)14-12/h3,6,9H,2,4-5,7H2,1H3. The molecule has 0 N–H and O–H groups in total. The van der Waals surface area contributed by atoms with Crippen LogP contribution in [0.3, 0.4) is 0 Å². The third-order valence-electron chi connectivity index (χ3n) is 3.09. The topological polar surface area (TPSA) is 6.48 Å². The van der Waals surface area contributed by atoms with E-state index in [9.17, 15) is 0 Å². The second kappa shape index (κ2) is 3.52. The third-order valence-corrected chi connectivity index (χ3v) is 5.32. The van der Waals surface area contributed by atoms with E-state index >= 15 is 0 Å². The molecule has 2 aliphatic rings. The van der Waals surface area contributed by atoms with Crippen LogP contribution in [0.1, 0.15) is 18.5 Å². The van der Waals surface area contributed by atoms with Crippen LogP contribution in [0.25, 0.3) is 0 Å². The highest BCUT2D eigenvalue weighted by Gasteiger charge is 2.34. The van der Waals surface area contributed by atoms with Gasteiger partial charge >= 0.3 is 0 Å². The Bertz CT molecular complexity index is 337. The fraction of sp³-hybridized carbons (Fsp3) is 0.600. The summed E-state index contributed by atoms with van der Waals surface area (Å²) in [7, 11) is 0. The Balaban J connectivity index is 1.99. The van der Waals surface area contributed by atoms with Crippen LogP contribution < -0.4 is 0 Å². The van der Waals surface area contributed by atoms with Crippen molar-refractivity contribution >= 4 is 23.3 Å². The van der Waals surface area contributed by atoms with Gasteiger partial charge in [-0.15, -0.1) is 11.3 Å². The summed E-state index contributed by atoms with van der Waals surface area (Å²) in [5.41, 5.74) is 1.57. The van der Waals surface area contributed by atoms with Gasteiger partial charge in [-0.3, -0.25) is 4.90 Å². The van der Waals surface area contributed by atoms with Crippen LogP contribution >= 0.6 is 23.3 Å². The van der Waals surface area contributed by atoms with E-state index in [0.29, 0.717) is 6.04 Å². The van der Waals surface area contributed by atoms with Crippen LogP contribution in [-0.2, 0) is 0 Å². The summed E-state index contributed by atoms with van der Waals surface area (Å²) < 4.78 is 4.02. The van der Waals surface area contributed by atoms with Gasteiger partial charge in [0.05, 0.1) is 10.3 Å². The molecule has 1 aromatic heterocycles. The lowest BCUT2D eigenvalue weighted by atomic mass is 10.1. The molecule has 76 valence electrons. The van der Waals surface area contributed by atoms with Crippen LogP contribution in [0.15, 0.2) is 15.7 Å². The minimum atomic E-state index is 0.663. The Morgan fingerprint density at radius 2 is 2.43 bits per heavy atom. The molecule has 2 aliphatic heterocycles. The number of piperazine rings is 1. The Kier molecular flexibility index (Phi) is 2.32. The van der Waals surface area contributed by atoms with Gasteiger partial charge < -0.3 is 0 Å². The van der Waals surface area contributed by atoms with E-state index in [0.717, 1.165) is 0 Å². The summed E-state index contributed by atoms with van der Waals surface area (Å²) in [6, 6.07) is 2.97. The summed E-state index contributed by atoms with van der Waals surface area (Å²) >= 11 is 3.85. The minimum Gasteiger partial charge on any atom is -0.294 e. The van der Waals surface area contributed by atoms with Gasteiger partial charge in [-0.2, -0.15) is 0 Å².